The maximum atomic E-state index is 5.91. The summed E-state index contributed by atoms with van der Waals surface area (Å²) in [6, 6.07) is 14.4. The van der Waals surface area contributed by atoms with Crippen LogP contribution >= 0.6 is 11.8 Å². The number of ether oxygens (including phenoxy) is 1. The van der Waals surface area contributed by atoms with Gasteiger partial charge in [-0.25, -0.2) is 0 Å². The van der Waals surface area contributed by atoms with Gasteiger partial charge in [0.1, 0.15) is 11.5 Å². The van der Waals surface area contributed by atoms with Crippen molar-refractivity contribution in [2.75, 3.05) is 13.3 Å². The number of benzene rings is 2. The molecule has 3 heteroatoms. The van der Waals surface area contributed by atoms with E-state index in [1.165, 1.54) is 10.5 Å². The average molecular weight is 273 g/mol. The molecule has 2 nitrogen and oxygen atoms in total. The first-order chi connectivity index (χ1) is 9.22. The van der Waals surface area contributed by atoms with Crippen LogP contribution in [0, 0.1) is 6.92 Å². The van der Waals surface area contributed by atoms with E-state index in [9.17, 15) is 0 Å². The summed E-state index contributed by atoms with van der Waals surface area (Å²) >= 11 is 1.73. The van der Waals surface area contributed by atoms with Crippen LogP contribution in [0.2, 0.25) is 0 Å². The van der Waals surface area contributed by atoms with Gasteiger partial charge in [-0.05, 0) is 61.7 Å². The van der Waals surface area contributed by atoms with Gasteiger partial charge in [-0.15, -0.1) is 11.8 Å². The van der Waals surface area contributed by atoms with E-state index in [-0.39, 0.29) is 0 Å². The molecule has 0 aliphatic carbocycles. The van der Waals surface area contributed by atoms with Gasteiger partial charge in [-0.2, -0.15) is 0 Å². The first-order valence-electron chi connectivity index (χ1n) is 6.29. The summed E-state index contributed by atoms with van der Waals surface area (Å²) < 4.78 is 5.91. The Morgan fingerprint density at radius 2 is 1.84 bits per heavy atom. The normalized spacial score (nSPS) is 10.5. The van der Waals surface area contributed by atoms with E-state index in [1.807, 2.05) is 25.2 Å². The minimum Gasteiger partial charge on any atom is -0.457 e. The van der Waals surface area contributed by atoms with Gasteiger partial charge in [0.25, 0.3) is 0 Å². The molecule has 19 heavy (non-hydrogen) atoms. The van der Waals surface area contributed by atoms with E-state index in [0.29, 0.717) is 0 Å². The quantitative estimate of drug-likeness (QED) is 0.824. The van der Waals surface area contributed by atoms with Gasteiger partial charge >= 0.3 is 0 Å². The lowest BCUT2D eigenvalue weighted by Crippen LogP contribution is -2.05. The van der Waals surface area contributed by atoms with Crippen molar-refractivity contribution < 1.29 is 4.74 Å². The molecule has 0 bridgehead atoms. The van der Waals surface area contributed by atoms with Crippen LogP contribution in [0.15, 0.2) is 47.4 Å². The highest BCUT2D eigenvalue weighted by atomic mass is 32.2. The van der Waals surface area contributed by atoms with Crippen molar-refractivity contribution >= 4 is 11.8 Å². The largest absolute Gasteiger partial charge is 0.457 e. The second-order valence-corrected chi connectivity index (χ2v) is 5.29. The van der Waals surface area contributed by atoms with E-state index < -0.39 is 0 Å². The first kappa shape index (κ1) is 14.0. The Morgan fingerprint density at radius 1 is 1.11 bits per heavy atom. The molecule has 2 aromatic carbocycles. The lowest BCUT2D eigenvalue weighted by atomic mass is 10.1. The molecule has 100 valence electrons. The second kappa shape index (κ2) is 6.64. The van der Waals surface area contributed by atoms with E-state index in [1.54, 1.807) is 11.8 Å². The molecule has 0 unspecified atom stereocenters. The second-order valence-electron chi connectivity index (χ2n) is 4.41. The van der Waals surface area contributed by atoms with Crippen LogP contribution in [0.4, 0.5) is 0 Å². The Balaban J connectivity index is 2.13. The van der Waals surface area contributed by atoms with E-state index in [0.717, 1.165) is 23.6 Å². The Labute approximate surface area is 119 Å². The zero-order valence-corrected chi connectivity index (χ0v) is 12.4. The lowest BCUT2D eigenvalue weighted by Gasteiger charge is -2.10. The molecule has 2 rings (SSSR count). The standard InChI is InChI=1S/C16H19NOS/c1-12-10-13(11-17-2)4-9-16(12)18-14-5-7-15(19-3)8-6-14/h4-10,17H,11H2,1-3H3. The maximum Gasteiger partial charge on any atom is 0.130 e. The lowest BCUT2D eigenvalue weighted by molar-refractivity contribution is 0.478. The highest BCUT2D eigenvalue weighted by Gasteiger charge is 2.03. The van der Waals surface area contributed by atoms with Gasteiger partial charge in [0.15, 0.2) is 0 Å². The monoisotopic (exact) mass is 273 g/mol. The summed E-state index contributed by atoms with van der Waals surface area (Å²) in [6.07, 6.45) is 2.07. The molecule has 0 amide bonds. The van der Waals surface area contributed by atoms with Gasteiger partial charge in [-0.3, -0.25) is 0 Å². The van der Waals surface area contributed by atoms with Gasteiger partial charge in [0.2, 0.25) is 0 Å². The van der Waals surface area contributed by atoms with Gasteiger partial charge in [0, 0.05) is 11.4 Å². The maximum absolute atomic E-state index is 5.91. The van der Waals surface area contributed by atoms with Crippen molar-refractivity contribution in [3.8, 4) is 11.5 Å². The molecular weight excluding hydrogens is 254 g/mol. The summed E-state index contributed by atoms with van der Waals surface area (Å²) in [5.41, 5.74) is 2.42. The van der Waals surface area contributed by atoms with E-state index >= 15 is 0 Å². The molecular formula is C16H19NOS. The van der Waals surface area contributed by atoms with Crippen LogP contribution in [-0.4, -0.2) is 13.3 Å². The van der Waals surface area contributed by atoms with Crippen molar-refractivity contribution in [3.05, 3.63) is 53.6 Å². The Hall–Kier alpha value is -1.45. The predicted molar refractivity (Wildman–Crippen MR) is 82.2 cm³/mol. The number of hydrogen-bond donors (Lipinski definition) is 1. The Morgan fingerprint density at radius 3 is 2.42 bits per heavy atom. The van der Waals surface area contributed by atoms with Crippen LogP contribution in [0.1, 0.15) is 11.1 Å². The fraction of sp³-hybridized carbons (Fsp3) is 0.250. The van der Waals surface area contributed by atoms with Crippen molar-refractivity contribution in [1.82, 2.24) is 5.32 Å². The predicted octanol–water partition coefficient (Wildman–Crippen LogP) is 4.23. The zero-order valence-electron chi connectivity index (χ0n) is 11.6. The van der Waals surface area contributed by atoms with Crippen molar-refractivity contribution in [2.45, 2.75) is 18.4 Å². The summed E-state index contributed by atoms with van der Waals surface area (Å²) in [6.45, 7) is 2.95. The topological polar surface area (TPSA) is 21.3 Å². The van der Waals surface area contributed by atoms with Crippen LogP contribution in [0.25, 0.3) is 0 Å². The summed E-state index contributed by atoms with van der Waals surface area (Å²) in [4.78, 5) is 1.24. The molecule has 0 spiro atoms. The Kier molecular flexibility index (Phi) is 4.88. The molecule has 0 fully saturated rings. The van der Waals surface area contributed by atoms with Crippen molar-refractivity contribution in [2.24, 2.45) is 0 Å². The highest BCUT2D eigenvalue weighted by molar-refractivity contribution is 7.98. The summed E-state index contributed by atoms with van der Waals surface area (Å²) in [5.74, 6) is 1.79. The minimum absolute atomic E-state index is 0.877. The SMILES string of the molecule is CNCc1ccc(Oc2ccc(SC)cc2)c(C)c1. The third-order valence-corrected chi connectivity index (χ3v) is 3.65. The average Bonchev–Trinajstić information content (AvgIpc) is 2.43. The molecule has 2 aromatic rings. The van der Waals surface area contributed by atoms with Gasteiger partial charge in [-0.1, -0.05) is 12.1 Å². The molecule has 0 aliphatic rings. The molecule has 0 heterocycles. The molecule has 0 saturated carbocycles. The van der Waals surface area contributed by atoms with Crippen LogP contribution in [0.3, 0.4) is 0 Å². The molecule has 0 saturated heterocycles. The zero-order chi connectivity index (χ0) is 13.7. The molecule has 0 aromatic heterocycles. The van der Waals surface area contributed by atoms with Crippen LogP contribution in [0.5, 0.6) is 11.5 Å². The minimum atomic E-state index is 0.877. The highest BCUT2D eigenvalue weighted by Crippen LogP contribution is 2.27. The number of hydrogen-bond acceptors (Lipinski definition) is 3. The smallest absolute Gasteiger partial charge is 0.130 e. The van der Waals surface area contributed by atoms with E-state index in [4.69, 9.17) is 4.74 Å². The molecule has 0 radical (unpaired) electrons. The third kappa shape index (κ3) is 3.75. The molecule has 1 N–H and O–H groups in total. The van der Waals surface area contributed by atoms with Crippen molar-refractivity contribution in [1.29, 1.82) is 0 Å². The van der Waals surface area contributed by atoms with Gasteiger partial charge in [0.05, 0.1) is 0 Å². The Bertz CT molecular complexity index is 537. The van der Waals surface area contributed by atoms with Crippen LogP contribution in [-0.2, 0) is 6.54 Å². The third-order valence-electron chi connectivity index (χ3n) is 2.91. The van der Waals surface area contributed by atoms with Gasteiger partial charge < -0.3 is 10.1 Å². The fourth-order valence-electron chi connectivity index (χ4n) is 1.91. The van der Waals surface area contributed by atoms with Crippen molar-refractivity contribution in [3.63, 3.8) is 0 Å². The molecule has 0 atom stereocenters. The van der Waals surface area contributed by atoms with E-state index in [2.05, 4.69) is 42.8 Å². The fourth-order valence-corrected chi connectivity index (χ4v) is 2.32. The molecule has 0 aliphatic heterocycles. The summed E-state index contributed by atoms with van der Waals surface area (Å²) in [5, 5.41) is 3.15. The number of rotatable bonds is 5. The van der Waals surface area contributed by atoms with Crippen LogP contribution < -0.4 is 10.1 Å². The summed E-state index contributed by atoms with van der Waals surface area (Å²) in [7, 11) is 1.95. The number of thioether (sulfide) groups is 1. The number of aryl methyl sites for hydroxylation is 1. The first-order valence-corrected chi connectivity index (χ1v) is 7.51. The number of nitrogens with one attached hydrogen (secondary N) is 1.